The van der Waals surface area contributed by atoms with Gasteiger partial charge >= 0.3 is 0 Å². The van der Waals surface area contributed by atoms with E-state index in [9.17, 15) is 19.2 Å². The van der Waals surface area contributed by atoms with Gasteiger partial charge in [-0.25, -0.2) is 4.98 Å². The first kappa shape index (κ1) is 31.1. The van der Waals surface area contributed by atoms with Gasteiger partial charge in [-0.05, 0) is 81.3 Å². The van der Waals surface area contributed by atoms with E-state index in [4.69, 9.17) is 4.98 Å². The number of nitrogens with zero attached hydrogens (tertiary/aromatic N) is 6. The van der Waals surface area contributed by atoms with Crippen LogP contribution in [0.4, 0.5) is 11.4 Å². The van der Waals surface area contributed by atoms with Crippen LogP contribution in [0, 0.1) is 5.92 Å². The normalized spacial score (nSPS) is 23.9. The molecule has 1 aliphatic carbocycles. The molecule has 0 radical (unpaired) electrons. The molecule has 252 valence electrons. The van der Waals surface area contributed by atoms with E-state index in [1.807, 2.05) is 12.4 Å². The molecule has 4 aromatic rings. The summed E-state index contributed by atoms with van der Waals surface area (Å²) in [6, 6.07) is 11.3. The summed E-state index contributed by atoms with van der Waals surface area (Å²) < 4.78 is 2.06. The van der Waals surface area contributed by atoms with Crippen LogP contribution >= 0.6 is 0 Å². The lowest BCUT2D eigenvalue weighted by atomic mass is 9.77. The summed E-state index contributed by atoms with van der Waals surface area (Å²) in [5.41, 5.74) is 6.07. The summed E-state index contributed by atoms with van der Waals surface area (Å²) in [7, 11) is 0. The van der Waals surface area contributed by atoms with Crippen LogP contribution in [0.2, 0.25) is 0 Å². The number of hydrogen-bond acceptors (Lipinski definition) is 10. The van der Waals surface area contributed by atoms with Gasteiger partial charge < -0.3 is 15.5 Å². The predicted molar refractivity (Wildman–Crippen MR) is 183 cm³/mol. The minimum atomic E-state index is -0.964. The van der Waals surface area contributed by atoms with E-state index in [1.165, 1.54) is 5.69 Å². The molecule has 49 heavy (non-hydrogen) atoms. The molecule has 5 heterocycles. The third-order valence-electron chi connectivity index (χ3n) is 10.3. The third kappa shape index (κ3) is 6.03. The zero-order chi connectivity index (χ0) is 33.6. The number of aromatic nitrogens is 4. The molecular formula is C36H39N9O4. The molecule has 2 atom stereocenters. The van der Waals surface area contributed by atoms with Crippen molar-refractivity contribution >= 4 is 46.0 Å². The molecule has 3 aliphatic heterocycles. The van der Waals surface area contributed by atoms with Crippen molar-refractivity contribution in [2.24, 2.45) is 5.92 Å². The fourth-order valence-corrected chi connectivity index (χ4v) is 7.53. The van der Waals surface area contributed by atoms with Crippen LogP contribution in [0.5, 0.6) is 0 Å². The Hall–Kier alpha value is -5.17. The van der Waals surface area contributed by atoms with Gasteiger partial charge in [0.15, 0.2) is 0 Å². The predicted octanol–water partition coefficient (Wildman–Crippen LogP) is 3.54. The fourth-order valence-electron chi connectivity index (χ4n) is 7.53. The number of anilines is 2. The van der Waals surface area contributed by atoms with E-state index in [2.05, 4.69) is 66.9 Å². The molecule has 0 bridgehead atoms. The average Bonchev–Trinajstić information content (AvgIpc) is 3.66. The summed E-state index contributed by atoms with van der Waals surface area (Å²) >= 11 is 0. The van der Waals surface area contributed by atoms with Crippen molar-refractivity contribution in [1.82, 2.24) is 35.3 Å². The van der Waals surface area contributed by atoms with Gasteiger partial charge in [0, 0.05) is 61.8 Å². The highest BCUT2D eigenvalue weighted by molar-refractivity contribution is 6.23. The summed E-state index contributed by atoms with van der Waals surface area (Å²) in [6.45, 7) is 5.87. The van der Waals surface area contributed by atoms with Crippen LogP contribution in [0.25, 0.3) is 22.3 Å². The SMILES string of the molecule is CC1CN(c2ccc3ncc(-c4cnn(C5CC(CCCNc6ccc7c(c6)C(=O)N(C6CCC(=O)NC6=O)C7=O)C5)c4)nc3c2)CCN1. The molecule has 8 rings (SSSR count). The van der Waals surface area contributed by atoms with E-state index >= 15 is 0 Å². The summed E-state index contributed by atoms with van der Waals surface area (Å²) in [5.74, 6) is -1.37. The molecule has 2 aromatic carbocycles. The second-order valence-corrected chi connectivity index (χ2v) is 13.7. The smallest absolute Gasteiger partial charge is 0.262 e. The lowest BCUT2D eigenvalue weighted by Gasteiger charge is -2.35. The Kier molecular flexibility index (Phi) is 8.06. The molecular weight excluding hydrogens is 622 g/mol. The maximum absolute atomic E-state index is 13.1. The lowest BCUT2D eigenvalue weighted by Crippen LogP contribution is -2.54. The molecule has 3 N–H and O–H groups in total. The molecule has 13 heteroatoms. The number of imide groups is 2. The molecule has 1 saturated carbocycles. The Bertz CT molecular complexity index is 1970. The van der Waals surface area contributed by atoms with E-state index in [0.29, 0.717) is 18.0 Å². The average molecular weight is 662 g/mol. The highest BCUT2D eigenvalue weighted by atomic mass is 16.2. The van der Waals surface area contributed by atoms with Crippen LogP contribution in [-0.4, -0.2) is 86.5 Å². The van der Waals surface area contributed by atoms with Gasteiger partial charge in [0.05, 0.1) is 46.3 Å². The number of carbonyl (C=O) groups is 4. The lowest BCUT2D eigenvalue weighted by molar-refractivity contribution is -0.136. The maximum Gasteiger partial charge on any atom is 0.262 e. The largest absolute Gasteiger partial charge is 0.385 e. The molecule has 2 saturated heterocycles. The summed E-state index contributed by atoms with van der Waals surface area (Å²) in [4.78, 5) is 62.9. The standard InChI is InChI=1S/C36H39N9O4/c1-21-19-43(12-11-37-21)25-5-7-29-30(16-25)41-31(18-39-29)23-17-40-44(20-23)26-13-22(14-26)3-2-10-38-24-4-6-27-28(15-24)36(49)45(35(27)48)32-8-9-33(46)42-34(32)47/h4-7,15-18,20-22,26,32,37-38H,2-3,8-14,19H2,1H3,(H,42,46,47). The molecule has 4 amide bonds. The Balaban J connectivity index is 0.819. The quantitative estimate of drug-likeness (QED) is 0.179. The molecule has 0 spiro atoms. The molecule has 4 aliphatic rings. The van der Waals surface area contributed by atoms with Crippen molar-refractivity contribution in [1.29, 1.82) is 0 Å². The van der Waals surface area contributed by atoms with E-state index in [1.54, 1.807) is 18.2 Å². The highest BCUT2D eigenvalue weighted by Crippen LogP contribution is 2.40. The minimum absolute atomic E-state index is 0.0970. The number of amides is 4. The van der Waals surface area contributed by atoms with Crippen LogP contribution in [0.3, 0.4) is 0 Å². The number of piperazine rings is 1. The molecule has 2 unspecified atom stereocenters. The number of rotatable bonds is 9. The number of nitrogens with one attached hydrogen (secondary N) is 3. The Morgan fingerprint density at radius 2 is 1.84 bits per heavy atom. The van der Waals surface area contributed by atoms with Crippen molar-refractivity contribution < 1.29 is 19.2 Å². The Morgan fingerprint density at radius 3 is 2.67 bits per heavy atom. The monoisotopic (exact) mass is 661 g/mol. The maximum atomic E-state index is 13.1. The summed E-state index contributed by atoms with van der Waals surface area (Å²) in [5, 5.41) is 13.8. The van der Waals surface area contributed by atoms with Crippen LogP contribution in [0.1, 0.15) is 72.2 Å². The van der Waals surface area contributed by atoms with E-state index in [0.717, 1.165) is 84.7 Å². The molecule has 3 fully saturated rings. The zero-order valence-corrected chi connectivity index (χ0v) is 27.4. The van der Waals surface area contributed by atoms with Gasteiger partial charge in [-0.1, -0.05) is 0 Å². The number of carbonyl (C=O) groups excluding carboxylic acids is 4. The fraction of sp³-hybridized carbons (Fsp3) is 0.417. The number of benzene rings is 2. The van der Waals surface area contributed by atoms with Crippen LogP contribution in [0.15, 0.2) is 55.0 Å². The molecule has 13 nitrogen and oxygen atoms in total. The first-order valence-corrected chi connectivity index (χ1v) is 17.2. The number of fused-ring (bicyclic) bond motifs is 2. The van der Waals surface area contributed by atoms with Gasteiger partial charge in [0.25, 0.3) is 11.8 Å². The number of piperidine rings is 1. The van der Waals surface area contributed by atoms with Gasteiger partial charge in [-0.15, -0.1) is 0 Å². The Labute approximate surface area is 283 Å². The first-order chi connectivity index (χ1) is 23.8. The van der Waals surface area contributed by atoms with Crippen LogP contribution < -0.4 is 20.9 Å². The van der Waals surface area contributed by atoms with Crippen molar-refractivity contribution in [3.8, 4) is 11.3 Å². The van der Waals surface area contributed by atoms with Crippen molar-refractivity contribution in [3.05, 3.63) is 66.1 Å². The first-order valence-electron chi connectivity index (χ1n) is 17.2. The summed E-state index contributed by atoms with van der Waals surface area (Å²) in [6.07, 6.45) is 10.2. The minimum Gasteiger partial charge on any atom is -0.385 e. The number of hydrogen-bond donors (Lipinski definition) is 3. The van der Waals surface area contributed by atoms with Gasteiger partial charge in [-0.2, -0.15) is 5.10 Å². The van der Waals surface area contributed by atoms with Gasteiger partial charge in [0.1, 0.15) is 6.04 Å². The molecule has 2 aromatic heterocycles. The van der Waals surface area contributed by atoms with Crippen molar-refractivity contribution in [2.75, 3.05) is 36.4 Å². The third-order valence-corrected chi connectivity index (χ3v) is 10.3. The van der Waals surface area contributed by atoms with Crippen molar-refractivity contribution in [3.63, 3.8) is 0 Å². The van der Waals surface area contributed by atoms with Gasteiger partial charge in [0.2, 0.25) is 11.8 Å². The topological polar surface area (TPSA) is 154 Å². The zero-order valence-electron chi connectivity index (χ0n) is 27.4. The second kappa shape index (κ2) is 12.7. The Morgan fingerprint density at radius 1 is 0.980 bits per heavy atom. The van der Waals surface area contributed by atoms with E-state index in [-0.39, 0.29) is 29.9 Å². The second-order valence-electron chi connectivity index (χ2n) is 13.7. The highest BCUT2D eigenvalue weighted by Gasteiger charge is 2.44. The van der Waals surface area contributed by atoms with Gasteiger partial charge in [-0.3, -0.25) is 39.1 Å². The van der Waals surface area contributed by atoms with Crippen molar-refractivity contribution in [2.45, 2.75) is 63.6 Å². The van der Waals surface area contributed by atoms with Crippen LogP contribution in [-0.2, 0) is 9.59 Å². The van der Waals surface area contributed by atoms with E-state index < -0.39 is 23.8 Å².